The van der Waals surface area contributed by atoms with Gasteiger partial charge in [-0.3, -0.25) is 9.88 Å². The lowest BCUT2D eigenvalue weighted by atomic mass is 9.91. The molecule has 4 rings (SSSR count). The van der Waals surface area contributed by atoms with E-state index in [2.05, 4.69) is 14.8 Å². The van der Waals surface area contributed by atoms with E-state index in [0.717, 1.165) is 49.1 Å². The first-order valence-corrected chi connectivity index (χ1v) is 8.09. The average molecular weight is 303 g/mol. The number of rotatable bonds is 2. The van der Waals surface area contributed by atoms with E-state index in [1.807, 2.05) is 24.4 Å². The minimum atomic E-state index is 0.707. The summed E-state index contributed by atoms with van der Waals surface area (Å²) in [6.07, 6.45) is 6.05. The van der Waals surface area contributed by atoms with E-state index in [1.165, 1.54) is 19.3 Å². The Labute approximate surface area is 129 Å². The number of halogens is 1. The summed E-state index contributed by atoms with van der Waals surface area (Å²) in [6, 6.07) is 6.52. The predicted molar refractivity (Wildman–Crippen MR) is 86.0 cm³/mol. The largest absolute Gasteiger partial charge is 0.353 e. The Balaban J connectivity index is 1.50. The molecule has 5 heteroatoms. The Bertz CT molecular complexity index is 648. The van der Waals surface area contributed by atoms with Gasteiger partial charge in [-0.1, -0.05) is 18.0 Å². The molecular formula is C16H19ClN4. The van der Waals surface area contributed by atoms with Crippen molar-refractivity contribution in [1.82, 2.24) is 14.9 Å². The number of anilines is 1. The maximum Gasteiger partial charge on any atom is 0.147 e. The van der Waals surface area contributed by atoms with Gasteiger partial charge in [0.2, 0.25) is 0 Å². The minimum Gasteiger partial charge on any atom is -0.353 e. The summed E-state index contributed by atoms with van der Waals surface area (Å²) >= 11 is 5.99. The summed E-state index contributed by atoms with van der Waals surface area (Å²) in [7, 11) is 0. The molecule has 2 aromatic rings. The molecule has 21 heavy (non-hydrogen) atoms. The van der Waals surface area contributed by atoms with Crippen molar-refractivity contribution in [2.24, 2.45) is 0 Å². The number of nitrogens with zero attached hydrogens (tertiary/aromatic N) is 4. The predicted octanol–water partition coefficient (Wildman–Crippen LogP) is 2.96. The Morgan fingerprint density at radius 1 is 1.05 bits per heavy atom. The Morgan fingerprint density at radius 2 is 1.86 bits per heavy atom. The van der Waals surface area contributed by atoms with Crippen molar-refractivity contribution in [2.45, 2.75) is 25.3 Å². The zero-order valence-corrected chi connectivity index (χ0v) is 12.8. The molecule has 2 heterocycles. The molecule has 0 amide bonds. The molecule has 4 nitrogen and oxygen atoms in total. The van der Waals surface area contributed by atoms with Crippen LogP contribution in [0.15, 0.2) is 24.4 Å². The zero-order chi connectivity index (χ0) is 14.2. The molecule has 110 valence electrons. The van der Waals surface area contributed by atoms with E-state index in [1.54, 1.807) is 0 Å². The summed E-state index contributed by atoms with van der Waals surface area (Å²) in [5, 5.41) is 0.707. The van der Waals surface area contributed by atoms with Gasteiger partial charge in [0, 0.05) is 37.2 Å². The molecule has 2 aliphatic rings. The third kappa shape index (κ3) is 2.58. The third-order valence-electron chi connectivity index (χ3n) is 4.72. The van der Waals surface area contributed by atoms with Gasteiger partial charge in [0.05, 0.1) is 17.2 Å². The van der Waals surface area contributed by atoms with Gasteiger partial charge < -0.3 is 4.90 Å². The second-order valence-corrected chi connectivity index (χ2v) is 6.41. The Kier molecular flexibility index (Phi) is 3.43. The number of hydrogen-bond acceptors (Lipinski definition) is 4. The highest BCUT2D eigenvalue weighted by atomic mass is 35.5. The summed E-state index contributed by atoms with van der Waals surface area (Å²) in [4.78, 5) is 14.2. The van der Waals surface area contributed by atoms with E-state index in [0.29, 0.717) is 5.02 Å². The molecule has 0 spiro atoms. The fraction of sp³-hybridized carbons (Fsp3) is 0.500. The van der Waals surface area contributed by atoms with Crippen LogP contribution in [-0.4, -0.2) is 47.1 Å². The van der Waals surface area contributed by atoms with Gasteiger partial charge in [-0.25, -0.2) is 4.98 Å². The summed E-state index contributed by atoms with van der Waals surface area (Å²) < 4.78 is 0. The van der Waals surface area contributed by atoms with Gasteiger partial charge in [-0.2, -0.15) is 0 Å². The maximum atomic E-state index is 5.99. The number of fused-ring (bicyclic) bond motifs is 1. The van der Waals surface area contributed by atoms with Crippen LogP contribution in [0.25, 0.3) is 11.0 Å². The quantitative estimate of drug-likeness (QED) is 0.854. The number of benzene rings is 1. The lowest BCUT2D eigenvalue weighted by Crippen LogP contribution is -2.52. The molecule has 0 N–H and O–H groups in total. The van der Waals surface area contributed by atoms with Crippen LogP contribution in [0.5, 0.6) is 0 Å². The van der Waals surface area contributed by atoms with Crippen molar-refractivity contribution in [3.8, 4) is 0 Å². The van der Waals surface area contributed by atoms with E-state index in [-0.39, 0.29) is 0 Å². The highest BCUT2D eigenvalue weighted by Crippen LogP contribution is 2.26. The summed E-state index contributed by atoms with van der Waals surface area (Å²) in [5.74, 6) is 0.984. The van der Waals surface area contributed by atoms with Crippen molar-refractivity contribution in [3.05, 3.63) is 29.4 Å². The summed E-state index contributed by atoms with van der Waals surface area (Å²) in [6.45, 7) is 4.38. The first kappa shape index (κ1) is 13.3. The van der Waals surface area contributed by atoms with E-state index < -0.39 is 0 Å². The van der Waals surface area contributed by atoms with Crippen molar-refractivity contribution >= 4 is 28.5 Å². The smallest absolute Gasteiger partial charge is 0.147 e. The fourth-order valence-electron chi connectivity index (χ4n) is 3.19. The molecule has 0 bridgehead atoms. The van der Waals surface area contributed by atoms with Gasteiger partial charge >= 0.3 is 0 Å². The van der Waals surface area contributed by atoms with Crippen LogP contribution in [0.4, 0.5) is 5.82 Å². The van der Waals surface area contributed by atoms with Crippen molar-refractivity contribution < 1.29 is 0 Å². The van der Waals surface area contributed by atoms with E-state index >= 15 is 0 Å². The second kappa shape index (κ2) is 5.43. The Hall–Kier alpha value is -1.39. The third-order valence-corrected chi connectivity index (χ3v) is 4.96. The fourth-order valence-corrected chi connectivity index (χ4v) is 3.36. The average Bonchev–Trinajstić information content (AvgIpc) is 2.46. The van der Waals surface area contributed by atoms with Gasteiger partial charge in [-0.05, 0) is 31.0 Å². The highest BCUT2D eigenvalue weighted by molar-refractivity contribution is 6.31. The molecule has 1 aromatic heterocycles. The zero-order valence-electron chi connectivity index (χ0n) is 12.0. The normalized spacial score (nSPS) is 20.7. The Morgan fingerprint density at radius 3 is 2.57 bits per heavy atom. The van der Waals surface area contributed by atoms with Crippen molar-refractivity contribution in [1.29, 1.82) is 0 Å². The number of hydrogen-bond donors (Lipinski definition) is 0. The molecule has 1 aliphatic carbocycles. The molecule has 1 saturated carbocycles. The van der Waals surface area contributed by atoms with Crippen molar-refractivity contribution in [2.75, 3.05) is 31.1 Å². The molecule has 1 aliphatic heterocycles. The van der Waals surface area contributed by atoms with Crippen molar-refractivity contribution in [3.63, 3.8) is 0 Å². The maximum absolute atomic E-state index is 5.99. The van der Waals surface area contributed by atoms with Crippen LogP contribution in [0.1, 0.15) is 19.3 Å². The monoisotopic (exact) mass is 302 g/mol. The minimum absolute atomic E-state index is 0.707. The summed E-state index contributed by atoms with van der Waals surface area (Å²) in [5.41, 5.74) is 1.78. The first-order valence-electron chi connectivity index (χ1n) is 7.71. The molecule has 1 saturated heterocycles. The van der Waals surface area contributed by atoms with Gasteiger partial charge in [0.15, 0.2) is 0 Å². The van der Waals surface area contributed by atoms with Crippen LogP contribution in [0.2, 0.25) is 5.02 Å². The first-order chi connectivity index (χ1) is 10.3. The van der Waals surface area contributed by atoms with Crippen LogP contribution < -0.4 is 4.90 Å². The highest BCUT2D eigenvalue weighted by Gasteiger charge is 2.28. The van der Waals surface area contributed by atoms with Gasteiger partial charge in [0.1, 0.15) is 5.82 Å². The molecule has 0 radical (unpaired) electrons. The van der Waals surface area contributed by atoms with E-state index in [9.17, 15) is 0 Å². The topological polar surface area (TPSA) is 32.3 Å². The molecular weight excluding hydrogens is 284 g/mol. The second-order valence-electron chi connectivity index (χ2n) is 5.97. The van der Waals surface area contributed by atoms with Crippen LogP contribution >= 0.6 is 11.6 Å². The molecule has 1 aromatic carbocycles. The van der Waals surface area contributed by atoms with E-state index in [4.69, 9.17) is 16.6 Å². The van der Waals surface area contributed by atoms with Gasteiger partial charge in [-0.15, -0.1) is 0 Å². The van der Waals surface area contributed by atoms with Crippen LogP contribution in [0.3, 0.4) is 0 Å². The molecule has 0 atom stereocenters. The van der Waals surface area contributed by atoms with Crippen LogP contribution in [0, 0.1) is 0 Å². The lowest BCUT2D eigenvalue weighted by molar-refractivity contribution is 0.120. The molecule has 0 unspecified atom stereocenters. The standard InChI is InChI=1S/C16H19ClN4/c17-12-4-5-14-15(10-12)18-11-16(19-14)21-8-6-20(7-9-21)13-2-1-3-13/h4-5,10-11,13H,1-3,6-9H2. The number of aromatic nitrogens is 2. The molecule has 2 fully saturated rings. The number of piperazine rings is 1. The van der Waals surface area contributed by atoms with Gasteiger partial charge in [0.25, 0.3) is 0 Å². The lowest BCUT2D eigenvalue weighted by Gasteiger charge is -2.43. The van der Waals surface area contributed by atoms with Crippen LogP contribution in [-0.2, 0) is 0 Å². The SMILES string of the molecule is Clc1ccc2nc(N3CCN(C4CCC4)CC3)cnc2c1.